The fourth-order valence-electron chi connectivity index (χ4n) is 1.27. The van der Waals surface area contributed by atoms with Crippen molar-refractivity contribution in [2.45, 2.75) is 33.6 Å². The molecule has 1 atom stereocenters. The van der Waals surface area contributed by atoms with Gasteiger partial charge in [-0.3, -0.25) is 0 Å². The quantitative estimate of drug-likeness (QED) is 0.620. The molecule has 0 saturated heterocycles. The predicted molar refractivity (Wildman–Crippen MR) is 60.6 cm³/mol. The summed E-state index contributed by atoms with van der Waals surface area (Å²) >= 11 is 0. The number of rotatable bonds is 6. The number of hydrogen-bond acceptors (Lipinski definition) is 1. The second kappa shape index (κ2) is 5.85. The largest absolute Gasteiger partial charge is 0.392 e. The summed E-state index contributed by atoms with van der Waals surface area (Å²) in [5, 5.41) is 3.06. The molecule has 0 aliphatic rings. The Bertz CT molecular complexity index is 180. The van der Waals surface area contributed by atoms with E-state index in [9.17, 15) is 0 Å². The van der Waals surface area contributed by atoms with Crippen LogP contribution >= 0.6 is 0 Å². The molecule has 0 aliphatic carbocycles. The number of nitrogens with one attached hydrogen (secondary N) is 1. The van der Waals surface area contributed by atoms with Crippen molar-refractivity contribution in [1.29, 1.82) is 0 Å². The van der Waals surface area contributed by atoms with Crippen LogP contribution < -0.4 is 5.32 Å². The van der Waals surface area contributed by atoms with Gasteiger partial charge in [0.1, 0.15) is 0 Å². The van der Waals surface area contributed by atoms with Gasteiger partial charge in [-0.05, 0) is 24.7 Å². The van der Waals surface area contributed by atoms with E-state index in [2.05, 4.69) is 39.2 Å². The monoisotopic (exact) mass is 181 g/mol. The van der Waals surface area contributed by atoms with Crippen molar-refractivity contribution in [2.24, 2.45) is 11.8 Å². The fourth-order valence-corrected chi connectivity index (χ4v) is 1.27. The Morgan fingerprint density at radius 1 is 1.23 bits per heavy atom. The number of allylic oxidation sites excluding steroid dienone is 2. The molecule has 0 spiro atoms. The standard InChI is InChI=1S/C12H23N/c1-9(2)12(5)10(3)7-8-11(4)13-6/h9-10,13H,4-5,7-8H2,1-3,6H3. The van der Waals surface area contributed by atoms with Gasteiger partial charge in [0.2, 0.25) is 0 Å². The van der Waals surface area contributed by atoms with Crippen LogP contribution in [-0.2, 0) is 0 Å². The van der Waals surface area contributed by atoms with Crippen LogP contribution in [0.2, 0.25) is 0 Å². The van der Waals surface area contributed by atoms with Gasteiger partial charge in [-0.1, -0.05) is 39.5 Å². The molecular weight excluding hydrogens is 158 g/mol. The molecule has 76 valence electrons. The Morgan fingerprint density at radius 3 is 2.15 bits per heavy atom. The highest BCUT2D eigenvalue weighted by molar-refractivity contribution is 5.03. The summed E-state index contributed by atoms with van der Waals surface area (Å²) in [5.74, 6) is 1.20. The molecule has 1 heteroatoms. The smallest absolute Gasteiger partial charge is 0.00312 e. The van der Waals surface area contributed by atoms with Crippen molar-refractivity contribution in [3.8, 4) is 0 Å². The lowest BCUT2D eigenvalue weighted by Crippen LogP contribution is -2.09. The average Bonchev–Trinajstić information content (AvgIpc) is 2.11. The zero-order valence-corrected chi connectivity index (χ0v) is 9.48. The second-order valence-electron chi connectivity index (χ2n) is 4.02. The minimum atomic E-state index is 0.595. The van der Waals surface area contributed by atoms with Gasteiger partial charge in [-0.2, -0.15) is 0 Å². The van der Waals surface area contributed by atoms with E-state index < -0.39 is 0 Å². The van der Waals surface area contributed by atoms with Crippen molar-refractivity contribution in [3.05, 3.63) is 24.4 Å². The van der Waals surface area contributed by atoms with Gasteiger partial charge >= 0.3 is 0 Å². The maximum Gasteiger partial charge on any atom is 0.00312 e. The van der Waals surface area contributed by atoms with Crippen LogP contribution in [0.5, 0.6) is 0 Å². The molecule has 1 N–H and O–H groups in total. The van der Waals surface area contributed by atoms with E-state index in [0.29, 0.717) is 11.8 Å². The van der Waals surface area contributed by atoms with E-state index in [1.165, 1.54) is 5.57 Å². The summed E-state index contributed by atoms with van der Waals surface area (Å²) < 4.78 is 0. The van der Waals surface area contributed by atoms with Crippen molar-refractivity contribution in [2.75, 3.05) is 7.05 Å². The summed E-state index contributed by atoms with van der Waals surface area (Å²) in [4.78, 5) is 0. The Balaban J connectivity index is 3.81. The Hall–Kier alpha value is -0.720. The first kappa shape index (κ1) is 12.3. The van der Waals surface area contributed by atoms with E-state index in [4.69, 9.17) is 0 Å². The Labute approximate surface area is 82.9 Å². The highest BCUT2D eigenvalue weighted by Crippen LogP contribution is 2.22. The first-order chi connectivity index (χ1) is 5.99. The van der Waals surface area contributed by atoms with Crippen LogP contribution in [0.4, 0.5) is 0 Å². The molecular formula is C12H23N. The van der Waals surface area contributed by atoms with E-state index in [0.717, 1.165) is 18.5 Å². The molecule has 0 aliphatic heterocycles. The van der Waals surface area contributed by atoms with Crippen LogP contribution in [0.1, 0.15) is 33.6 Å². The van der Waals surface area contributed by atoms with E-state index >= 15 is 0 Å². The summed E-state index contributed by atoms with van der Waals surface area (Å²) in [7, 11) is 1.92. The molecule has 0 rings (SSSR count). The number of hydrogen-bond donors (Lipinski definition) is 1. The topological polar surface area (TPSA) is 12.0 Å². The normalized spacial score (nSPS) is 12.7. The molecule has 0 amide bonds. The summed E-state index contributed by atoms with van der Waals surface area (Å²) in [6, 6.07) is 0. The van der Waals surface area contributed by atoms with Crippen LogP contribution in [0.3, 0.4) is 0 Å². The molecule has 0 aromatic rings. The SMILES string of the molecule is C=C(CCC(C)C(=C)C(C)C)NC. The van der Waals surface area contributed by atoms with Crippen LogP contribution in [0.15, 0.2) is 24.4 Å². The zero-order chi connectivity index (χ0) is 10.4. The van der Waals surface area contributed by atoms with Crippen LogP contribution in [-0.4, -0.2) is 7.05 Å². The average molecular weight is 181 g/mol. The highest BCUT2D eigenvalue weighted by Gasteiger charge is 2.09. The maximum absolute atomic E-state index is 4.11. The second-order valence-corrected chi connectivity index (χ2v) is 4.02. The zero-order valence-electron chi connectivity index (χ0n) is 9.48. The molecule has 0 heterocycles. The van der Waals surface area contributed by atoms with Crippen LogP contribution in [0.25, 0.3) is 0 Å². The molecule has 0 bridgehead atoms. The minimum absolute atomic E-state index is 0.595. The summed E-state index contributed by atoms with van der Waals surface area (Å²) in [6.07, 6.45) is 2.19. The first-order valence-electron chi connectivity index (χ1n) is 5.03. The van der Waals surface area contributed by atoms with E-state index in [-0.39, 0.29) is 0 Å². The van der Waals surface area contributed by atoms with Gasteiger partial charge in [0.15, 0.2) is 0 Å². The van der Waals surface area contributed by atoms with Crippen LogP contribution in [0, 0.1) is 11.8 Å². The summed E-state index contributed by atoms with van der Waals surface area (Å²) in [5.41, 5.74) is 2.47. The van der Waals surface area contributed by atoms with Gasteiger partial charge in [-0.25, -0.2) is 0 Å². The van der Waals surface area contributed by atoms with Gasteiger partial charge in [0.05, 0.1) is 0 Å². The lowest BCUT2D eigenvalue weighted by atomic mass is 9.89. The van der Waals surface area contributed by atoms with Crippen molar-refractivity contribution in [3.63, 3.8) is 0 Å². The van der Waals surface area contributed by atoms with Crippen molar-refractivity contribution < 1.29 is 0 Å². The molecule has 0 aromatic carbocycles. The van der Waals surface area contributed by atoms with Gasteiger partial charge in [0.25, 0.3) is 0 Å². The van der Waals surface area contributed by atoms with E-state index in [1.807, 2.05) is 7.05 Å². The highest BCUT2D eigenvalue weighted by atomic mass is 14.8. The lowest BCUT2D eigenvalue weighted by Gasteiger charge is -2.18. The first-order valence-corrected chi connectivity index (χ1v) is 5.03. The molecule has 0 aromatic heterocycles. The van der Waals surface area contributed by atoms with Gasteiger partial charge in [-0.15, -0.1) is 0 Å². The Kier molecular flexibility index (Phi) is 5.52. The predicted octanol–water partition coefficient (Wildman–Crippen LogP) is 3.35. The third-order valence-electron chi connectivity index (χ3n) is 2.61. The van der Waals surface area contributed by atoms with Gasteiger partial charge < -0.3 is 5.32 Å². The molecule has 0 saturated carbocycles. The van der Waals surface area contributed by atoms with Gasteiger partial charge in [0, 0.05) is 12.7 Å². The Morgan fingerprint density at radius 2 is 1.77 bits per heavy atom. The molecule has 0 radical (unpaired) electrons. The van der Waals surface area contributed by atoms with E-state index in [1.54, 1.807) is 0 Å². The van der Waals surface area contributed by atoms with Crippen molar-refractivity contribution >= 4 is 0 Å². The molecule has 0 fully saturated rings. The fraction of sp³-hybridized carbons (Fsp3) is 0.667. The third kappa shape index (κ3) is 4.76. The minimum Gasteiger partial charge on any atom is -0.392 e. The molecule has 13 heavy (non-hydrogen) atoms. The van der Waals surface area contributed by atoms with Crippen molar-refractivity contribution in [1.82, 2.24) is 5.32 Å². The summed E-state index contributed by atoms with van der Waals surface area (Å²) in [6.45, 7) is 14.7. The molecule has 1 unspecified atom stereocenters. The molecule has 1 nitrogen and oxygen atoms in total. The lowest BCUT2D eigenvalue weighted by molar-refractivity contribution is 0.540. The third-order valence-corrected chi connectivity index (χ3v) is 2.61. The maximum atomic E-state index is 4.11.